The molecule has 0 radical (unpaired) electrons. The van der Waals surface area contributed by atoms with Crippen molar-refractivity contribution < 1.29 is 18.3 Å². The van der Waals surface area contributed by atoms with Crippen LogP contribution in [0.3, 0.4) is 0 Å². The number of amides is 1. The van der Waals surface area contributed by atoms with E-state index in [9.17, 15) is 13.6 Å². The molecule has 3 aromatic rings. The van der Waals surface area contributed by atoms with E-state index in [0.29, 0.717) is 42.7 Å². The molecule has 0 spiro atoms. The smallest absolute Gasteiger partial charge is 0.263 e. The van der Waals surface area contributed by atoms with Crippen molar-refractivity contribution in [2.75, 3.05) is 31.1 Å². The number of piperazine rings is 1. The van der Waals surface area contributed by atoms with Crippen molar-refractivity contribution in [3.8, 4) is 17.0 Å². The minimum Gasteiger partial charge on any atom is -0.478 e. The van der Waals surface area contributed by atoms with Gasteiger partial charge in [0.15, 0.2) is 23.5 Å². The van der Waals surface area contributed by atoms with E-state index in [2.05, 4.69) is 10.2 Å². The van der Waals surface area contributed by atoms with Crippen LogP contribution in [0.15, 0.2) is 54.6 Å². The number of benzene rings is 2. The third kappa shape index (κ3) is 4.80. The van der Waals surface area contributed by atoms with E-state index in [-0.39, 0.29) is 11.7 Å². The van der Waals surface area contributed by atoms with E-state index in [0.717, 1.165) is 17.7 Å². The standard InChI is InChI=1S/C23H21ClF2N4O2/c1-15(32-21-8-6-16(25)14-19(21)26)23(31)30-12-10-29(11-13-30)22-9-7-20(27-28-22)17-4-2-3-5-18(17)24/h2-9,14-15H,10-13H2,1H3. The predicted octanol–water partition coefficient (Wildman–Crippen LogP) is 4.19. The number of carbonyl (C=O) groups is 1. The zero-order valence-electron chi connectivity index (χ0n) is 17.3. The molecule has 0 saturated carbocycles. The maximum absolute atomic E-state index is 13.8. The quantitative estimate of drug-likeness (QED) is 0.573. The van der Waals surface area contributed by atoms with Crippen LogP contribution >= 0.6 is 11.6 Å². The summed E-state index contributed by atoms with van der Waals surface area (Å²) in [5.41, 5.74) is 1.50. The molecule has 6 nitrogen and oxygen atoms in total. The number of hydrogen-bond acceptors (Lipinski definition) is 5. The van der Waals surface area contributed by atoms with Crippen molar-refractivity contribution >= 4 is 23.3 Å². The van der Waals surface area contributed by atoms with Gasteiger partial charge in [0.2, 0.25) is 0 Å². The van der Waals surface area contributed by atoms with Crippen molar-refractivity contribution in [2.45, 2.75) is 13.0 Å². The fourth-order valence-electron chi connectivity index (χ4n) is 3.53. The Balaban J connectivity index is 1.34. The monoisotopic (exact) mass is 458 g/mol. The van der Waals surface area contributed by atoms with Gasteiger partial charge < -0.3 is 14.5 Å². The van der Waals surface area contributed by atoms with Gasteiger partial charge in [-0.15, -0.1) is 10.2 Å². The van der Waals surface area contributed by atoms with Crippen LogP contribution in [0.2, 0.25) is 5.02 Å². The molecular weight excluding hydrogens is 438 g/mol. The predicted molar refractivity (Wildman–Crippen MR) is 118 cm³/mol. The molecule has 1 atom stereocenters. The average Bonchev–Trinajstić information content (AvgIpc) is 2.81. The zero-order chi connectivity index (χ0) is 22.7. The Hall–Kier alpha value is -3.26. The molecule has 1 saturated heterocycles. The summed E-state index contributed by atoms with van der Waals surface area (Å²) < 4.78 is 32.3. The van der Waals surface area contributed by atoms with Gasteiger partial charge in [0.05, 0.1) is 10.7 Å². The second kappa shape index (κ2) is 9.48. The molecule has 1 unspecified atom stereocenters. The molecule has 166 valence electrons. The second-order valence-corrected chi connectivity index (χ2v) is 7.81. The summed E-state index contributed by atoms with van der Waals surface area (Å²) >= 11 is 6.22. The van der Waals surface area contributed by atoms with Crippen LogP contribution in [0, 0.1) is 11.6 Å². The topological polar surface area (TPSA) is 58.6 Å². The number of aromatic nitrogens is 2. The number of hydrogen-bond donors (Lipinski definition) is 0. The molecule has 0 bridgehead atoms. The number of anilines is 1. The lowest BCUT2D eigenvalue weighted by Gasteiger charge is -2.36. The molecule has 32 heavy (non-hydrogen) atoms. The Morgan fingerprint density at radius 3 is 2.44 bits per heavy atom. The zero-order valence-corrected chi connectivity index (χ0v) is 18.1. The van der Waals surface area contributed by atoms with Gasteiger partial charge in [-0.05, 0) is 37.3 Å². The average molecular weight is 459 g/mol. The van der Waals surface area contributed by atoms with Gasteiger partial charge in [0.25, 0.3) is 5.91 Å². The Kier molecular flexibility index (Phi) is 6.50. The Morgan fingerprint density at radius 1 is 1.03 bits per heavy atom. The molecule has 9 heteroatoms. The third-order valence-corrected chi connectivity index (χ3v) is 5.59. The van der Waals surface area contributed by atoms with Crippen LogP contribution in [0.25, 0.3) is 11.3 Å². The lowest BCUT2D eigenvalue weighted by molar-refractivity contribution is -0.138. The number of nitrogens with zero attached hydrogens (tertiary/aromatic N) is 4. The number of rotatable bonds is 5. The summed E-state index contributed by atoms with van der Waals surface area (Å²) in [5, 5.41) is 9.21. The minimum absolute atomic E-state index is 0.153. The summed E-state index contributed by atoms with van der Waals surface area (Å²) in [7, 11) is 0. The highest BCUT2D eigenvalue weighted by Crippen LogP contribution is 2.26. The molecule has 1 aliphatic rings. The van der Waals surface area contributed by atoms with Crippen LogP contribution in [-0.4, -0.2) is 53.3 Å². The van der Waals surface area contributed by atoms with Gasteiger partial charge in [0.1, 0.15) is 5.82 Å². The Bertz CT molecular complexity index is 1110. The summed E-state index contributed by atoms with van der Waals surface area (Å²) in [6.07, 6.45) is -0.892. The first-order valence-electron chi connectivity index (χ1n) is 10.2. The van der Waals surface area contributed by atoms with Crippen molar-refractivity contribution in [2.24, 2.45) is 0 Å². The SMILES string of the molecule is CC(Oc1ccc(F)cc1F)C(=O)N1CCN(c2ccc(-c3ccccc3Cl)nn2)CC1. The molecule has 0 aliphatic carbocycles. The highest BCUT2D eigenvalue weighted by Gasteiger charge is 2.27. The number of ether oxygens (including phenoxy) is 1. The summed E-state index contributed by atoms with van der Waals surface area (Å²) in [6.45, 7) is 3.63. The van der Waals surface area contributed by atoms with Crippen molar-refractivity contribution in [1.82, 2.24) is 15.1 Å². The van der Waals surface area contributed by atoms with E-state index in [1.807, 2.05) is 35.2 Å². The van der Waals surface area contributed by atoms with Crippen molar-refractivity contribution in [3.05, 3.63) is 71.3 Å². The molecule has 1 aliphatic heterocycles. The maximum atomic E-state index is 13.8. The highest BCUT2D eigenvalue weighted by molar-refractivity contribution is 6.33. The maximum Gasteiger partial charge on any atom is 0.263 e. The first-order chi connectivity index (χ1) is 15.4. The third-order valence-electron chi connectivity index (χ3n) is 5.26. The fourth-order valence-corrected chi connectivity index (χ4v) is 3.76. The molecule has 4 rings (SSSR count). The summed E-state index contributed by atoms with van der Waals surface area (Å²) in [4.78, 5) is 16.4. The summed E-state index contributed by atoms with van der Waals surface area (Å²) in [5.74, 6) is -1.24. The van der Waals surface area contributed by atoms with Crippen LogP contribution in [0.4, 0.5) is 14.6 Å². The van der Waals surface area contributed by atoms with E-state index in [4.69, 9.17) is 16.3 Å². The molecule has 2 heterocycles. The Morgan fingerprint density at radius 2 is 1.78 bits per heavy atom. The van der Waals surface area contributed by atoms with Crippen LogP contribution in [0.5, 0.6) is 5.75 Å². The fraction of sp³-hybridized carbons (Fsp3) is 0.261. The Labute approximate surface area is 189 Å². The van der Waals surface area contributed by atoms with Crippen LogP contribution in [0.1, 0.15) is 6.92 Å². The van der Waals surface area contributed by atoms with Crippen LogP contribution < -0.4 is 9.64 Å². The minimum atomic E-state index is -0.892. The largest absolute Gasteiger partial charge is 0.478 e. The molecule has 2 aromatic carbocycles. The first-order valence-corrected chi connectivity index (χ1v) is 10.5. The van der Waals surface area contributed by atoms with E-state index >= 15 is 0 Å². The lowest BCUT2D eigenvalue weighted by Crippen LogP contribution is -2.52. The second-order valence-electron chi connectivity index (χ2n) is 7.40. The lowest BCUT2D eigenvalue weighted by atomic mass is 10.1. The molecule has 1 aromatic heterocycles. The molecule has 1 amide bonds. The van der Waals surface area contributed by atoms with E-state index in [1.165, 1.54) is 6.07 Å². The molecule has 0 N–H and O–H groups in total. The normalized spacial score (nSPS) is 14.9. The molecular formula is C23H21ClF2N4O2. The van der Waals surface area contributed by atoms with Crippen LogP contribution in [-0.2, 0) is 4.79 Å². The number of carbonyl (C=O) groups excluding carboxylic acids is 1. The van der Waals surface area contributed by atoms with Crippen molar-refractivity contribution in [1.29, 1.82) is 0 Å². The van der Waals surface area contributed by atoms with Gasteiger partial charge in [-0.25, -0.2) is 8.78 Å². The number of halogens is 3. The van der Waals surface area contributed by atoms with Gasteiger partial charge in [-0.3, -0.25) is 4.79 Å². The van der Waals surface area contributed by atoms with Gasteiger partial charge >= 0.3 is 0 Å². The summed E-state index contributed by atoms with van der Waals surface area (Å²) in [6, 6.07) is 14.2. The van der Waals surface area contributed by atoms with E-state index in [1.54, 1.807) is 17.9 Å². The first kappa shape index (κ1) is 22.0. The van der Waals surface area contributed by atoms with Gasteiger partial charge in [-0.2, -0.15) is 0 Å². The highest BCUT2D eigenvalue weighted by atomic mass is 35.5. The van der Waals surface area contributed by atoms with Gasteiger partial charge in [-0.1, -0.05) is 29.8 Å². The van der Waals surface area contributed by atoms with E-state index < -0.39 is 17.7 Å². The van der Waals surface area contributed by atoms with Crippen molar-refractivity contribution in [3.63, 3.8) is 0 Å². The molecule has 1 fully saturated rings. The van der Waals surface area contributed by atoms with Gasteiger partial charge in [0, 0.05) is 37.8 Å².